The summed E-state index contributed by atoms with van der Waals surface area (Å²) in [6.45, 7) is 1.85. The van der Waals surface area contributed by atoms with Crippen molar-refractivity contribution in [3.05, 3.63) is 57.9 Å². The van der Waals surface area contributed by atoms with Gasteiger partial charge in [-0.2, -0.15) is 0 Å². The van der Waals surface area contributed by atoms with E-state index in [0.29, 0.717) is 15.9 Å². The van der Waals surface area contributed by atoms with Crippen LogP contribution in [0.25, 0.3) is 0 Å². The molecule has 0 atom stereocenters. The predicted molar refractivity (Wildman–Crippen MR) is 71.0 cm³/mol. The molecule has 1 amide bonds. The van der Waals surface area contributed by atoms with Crippen LogP contribution in [0.15, 0.2) is 41.0 Å². The second kappa shape index (κ2) is 5.27. The summed E-state index contributed by atoms with van der Waals surface area (Å²) < 4.78 is 13.3. The highest BCUT2D eigenvalue weighted by molar-refractivity contribution is 9.10. The molecule has 3 nitrogen and oxygen atoms in total. The number of hydrogen-bond donors (Lipinski definition) is 1. The molecule has 0 fully saturated rings. The minimum absolute atomic E-state index is 0.270. The number of hydrogen-bond acceptors (Lipinski definition) is 2. The van der Waals surface area contributed by atoms with Crippen LogP contribution in [0.4, 0.5) is 10.2 Å². The summed E-state index contributed by atoms with van der Waals surface area (Å²) in [5, 5.41) is 2.63. The Labute approximate surface area is 112 Å². The fraction of sp³-hybridized carbons (Fsp3) is 0.0769. The van der Waals surface area contributed by atoms with Crippen LogP contribution >= 0.6 is 15.9 Å². The SMILES string of the molecule is Cc1ccccc1C(=O)Nc1ncc(F)cc1Br. The molecule has 0 unspecified atom stereocenters. The molecule has 2 rings (SSSR count). The molecule has 1 aromatic heterocycles. The summed E-state index contributed by atoms with van der Waals surface area (Å²) in [7, 11) is 0. The Bertz CT molecular complexity index is 601. The maximum Gasteiger partial charge on any atom is 0.257 e. The van der Waals surface area contributed by atoms with Crippen molar-refractivity contribution >= 4 is 27.7 Å². The van der Waals surface area contributed by atoms with Gasteiger partial charge in [0.05, 0.1) is 10.7 Å². The van der Waals surface area contributed by atoms with Crippen LogP contribution in [-0.4, -0.2) is 10.9 Å². The molecule has 1 aromatic carbocycles. The van der Waals surface area contributed by atoms with Crippen LogP contribution in [0.3, 0.4) is 0 Å². The lowest BCUT2D eigenvalue weighted by atomic mass is 10.1. The number of aromatic nitrogens is 1. The van der Waals surface area contributed by atoms with Gasteiger partial charge in [0.1, 0.15) is 11.6 Å². The van der Waals surface area contributed by atoms with Crippen molar-refractivity contribution in [1.29, 1.82) is 0 Å². The lowest BCUT2D eigenvalue weighted by Gasteiger charge is -2.08. The second-order valence-corrected chi connectivity index (χ2v) is 4.61. The maximum atomic E-state index is 12.9. The number of aryl methyl sites for hydroxylation is 1. The number of benzene rings is 1. The third kappa shape index (κ3) is 2.73. The van der Waals surface area contributed by atoms with Crippen LogP contribution in [0, 0.1) is 12.7 Å². The van der Waals surface area contributed by atoms with Crippen molar-refractivity contribution in [3.63, 3.8) is 0 Å². The van der Waals surface area contributed by atoms with Gasteiger partial charge in [0.25, 0.3) is 5.91 Å². The standard InChI is InChI=1S/C13H10BrFN2O/c1-8-4-2-3-5-10(8)13(18)17-12-11(14)6-9(15)7-16-12/h2-7H,1H3,(H,16,17,18). The monoisotopic (exact) mass is 308 g/mol. The van der Waals surface area contributed by atoms with Gasteiger partial charge in [-0.25, -0.2) is 9.37 Å². The Balaban J connectivity index is 2.24. The van der Waals surface area contributed by atoms with E-state index < -0.39 is 5.82 Å². The van der Waals surface area contributed by atoms with Crippen LogP contribution in [0.2, 0.25) is 0 Å². The summed E-state index contributed by atoms with van der Waals surface area (Å²) in [6.07, 6.45) is 1.05. The minimum atomic E-state index is -0.462. The average molecular weight is 309 g/mol. The van der Waals surface area contributed by atoms with Crippen molar-refractivity contribution in [1.82, 2.24) is 4.98 Å². The third-order valence-corrected chi connectivity index (χ3v) is 3.03. The Morgan fingerprint density at radius 3 is 2.78 bits per heavy atom. The van der Waals surface area contributed by atoms with Crippen molar-refractivity contribution in [3.8, 4) is 0 Å². The van der Waals surface area contributed by atoms with Crippen LogP contribution < -0.4 is 5.32 Å². The number of anilines is 1. The average Bonchev–Trinajstić information content (AvgIpc) is 2.33. The maximum absolute atomic E-state index is 12.9. The molecule has 0 spiro atoms. The number of rotatable bonds is 2. The number of pyridine rings is 1. The van der Waals surface area contributed by atoms with Gasteiger partial charge in [-0.15, -0.1) is 0 Å². The highest BCUT2D eigenvalue weighted by Crippen LogP contribution is 2.21. The van der Waals surface area contributed by atoms with E-state index in [4.69, 9.17) is 0 Å². The summed E-state index contributed by atoms with van der Waals surface area (Å²) in [5.74, 6) is -0.437. The highest BCUT2D eigenvalue weighted by atomic mass is 79.9. The molecule has 0 aliphatic heterocycles. The van der Waals surface area contributed by atoms with Gasteiger partial charge in [0.15, 0.2) is 0 Å². The molecule has 0 radical (unpaired) electrons. The topological polar surface area (TPSA) is 42.0 Å². The molecule has 5 heteroatoms. The zero-order chi connectivity index (χ0) is 13.1. The van der Waals surface area contributed by atoms with E-state index in [2.05, 4.69) is 26.2 Å². The number of nitrogens with one attached hydrogen (secondary N) is 1. The normalized spacial score (nSPS) is 10.2. The lowest BCUT2D eigenvalue weighted by Crippen LogP contribution is -2.14. The molecule has 0 saturated carbocycles. The van der Waals surface area contributed by atoms with Crippen molar-refractivity contribution in [2.24, 2.45) is 0 Å². The summed E-state index contributed by atoms with van der Waals surface area (Å²) >= 11 is 3.15. The van der Waals surface area contributed by atoms with E-state index in [-0.39, 0.29) is 5.91 Å². The van der Waals surface area contributed by atoms with E-state index in [0.717, 1.165) is 11.8 Å². The highest BCUT2D eigenvalue weighted by Gasteiger charge is 2.11. The first-order valence-corrected chi connectivity index (χ1v) is 6.05. The first kappa shape index (κ1) is 12.7. The largest absolute Gasteiger partial charge is 0.306 e. The number of carbonyl (C=O) groups is 1. The number of nitrogens with zero attached hydrogens (tertiary/aromatic N) is 1. The molecule has 0 bridgehead atoms. The first-order chi connectivity index (χ1) is 8.58. The van der Waals surface area contributed by atoms with Crippen LogP contribution in [0.5, 0.6) is 0 Å². The Morgan fingerprint density at radius 2 is 2.11 bits per heavy atom. The smallest absolute Gasteiger partial charge is 0.257 e. The van der Waals surface area contributed by atoms with Gasteiger partial charge in [-0.05, 0) is 40.5 Å². The fourth-order valence-corrected chi connectivity index (χ4v) is 1.93. The minimum Gasteiger partial charge on any atom is -0.306 e. The molecular formula is C13H10BrFN2O. The number of carbonyl (C=O) groups excluding carboxylic acids is 1. The zero-order valence-electron chi connectivity index (χ0n) is 9.58. The van der Waals surface area contributed by atoms with E-state index in [1.165, 1.54) is 6.07 Å². The van der Waals surface area contributed by atoms with Crippen molar-refractivity contribution in [2.45, 2.75) is 6.92 Å². The van der Waals surface area contributed by atoms with E-state index in [1.54, 1.807) is 12.1 Å². The second-order valence-electron chi connectivity index (χ2n) is 3.75. The number of amides is 1. The van der Waals surface area contributed by atoms with Gasteiger partial charge < -0.3 is 5.32 Å². The molecule has 0 saturated heterocycles. The van der Waals surface area contributed by atoms with Gasteiger partial charge in [-0.1, -0.05) is 18.2 Å². The van der Waals surface area contributed by atoms with E-state index in [9.17, 15) is 9.18 Å². The Kier molecular flexibility index (Phi) is 3.72. The lowest BCUT2D eigenvalue weighted by molar-refractivity contribution is 0.102. The van der Waals surface area contributed by atoms with Gasteiger partial charge >= 0.3 is 0 Å². The summed E-state index contributed by atoms with van der Waals surface area (Å²) in [6, 6.07) is 8.47. The Hall–Kier alpha value is -1.75. The molecule has 0 aliphatic carbocycles. The number of halogens is 2. The van der Waals surface area contributed by atoms with Gasteiger partial charge in [0, 0.05) is 5.56 Å². The molecule has 2 aromatic rings. The Morgan fingerprint density at radius 1 is 1.39 bits per heavy atom. The molecule has 92 valence electrons. The fourth-order valence-electron chi connectivity index (χ4n) is 1.51. The van der Waals surface area contributed by atoms with Crippen molar-refractivity contribution in [2.75, 3.05) is 5.32 Å². The molecular weight excluding hydrogens is 299 g/mol. The predicted octanol–water partition coefficient (Wildman–Crippen LogP) is 3.54. The molecule has 1 heterocycles. The molecule has 0 aliphatic rings. The van der Waals surface area contributed by atoms with Gasteiger partial charge in [-0.3, -0.25) is 4.79 Å². The molecule has 18 heavy (non-hydrogen) atoms. The third-order valence-electron chi connectivity index (χ3n) is 2.43. The quantitative estimate of drug-likeness (QED) is 0.922. The van der Waals surface area contributed by atoms with Crippen molar-refractivity contribution < 1.29 is 9.18 Å². The van der Waals surface area contributed by atoms with Gasteiger partial charge in [0.2, 0.25) is 0 Å². The van der Waals surface area contributed by atoms with Crippen LogP contribution in [0.1, 0.15) is 15.9 Å². The van der Waals surface area contributed by atoms with Crippen LogP contribution in [-0.2, 0) is 0 Å². The first-order valence-electron chi connectivity index (χ1n) is 5.26. The summed E-state index contributed by atoms with van der Waals surface area (Å²) in [4.78, 5) is 15.8. The summed E-state index contributed by atoms with van der Waals surface area (Å²) in [5.41, 5.74) is 1.43. The zero-order valence-corrected chi connectivity index (χ0v) is 11.2. The molecule has 1 N–H and O–H groups in total. The van der Waals surface area contributed by atoms with E-state index >= 15 is 0 Å². The van der Waals surface area contributed by atoms with E-state index in [1.807, 2.05) is 19.1 Å².